The van der Waals surface area contributed by atoms with Crippen LogP contribution < -0.4 is 14.8 Å². The number of hydrogen-bond acceptors (Lipinski definition) is 5. The topological polar surface area (TPSA) is 56.8 Å². The fourth-order valence-electron chi connectivity index (χ4n) is 5.06. The zero-order valence-electron chi connectivity index (χ0n) is 20.9. The predicted molar refractivity (Wildman–Crippen MR) is 142 cm³/mol. The third-order valence-electron chi connectivity index (χ3n) is 6.97. The van der Waals surface area contributed by atoms with Crippen LogP contribution >= 0.6 is 0 Å². The lowest BCUT2D eigenvalue weighted by Gasteiger charge is -2.33. The summed E-state index contributed by atoms with van der Waals surface area (Å²) in [6.07, 6.45) is 0.445. The summed E-state index contributed by atoms with van der Waals surface area (Å²) in [4.78, 5) is 11.5. The number of carbonyl (C=O) groups excluding carboxylic acids is 1. The van der Waals surface area contributed by atoms with Crippen molar-refractivity contribution in [2.24, 2.45) is 0 Å². The van der Waals surface area contributed by atoms with Crippen LogP contribution in [-0.2, 0) is 9.53 Å². The van der Waals surface area contributed by atoms with Crippen molar-refractivity contribution in [3.63, 3.8) is 0 Å². The minimum absolute atomic E-state index is 0.0334. The molecular weight excluding hydrogens is 469 g/mol. The number of esters is 1. The maximum atomic E-state index is 15.6. The Hall–Kier alpha value is -3.90. The van der Waals surface area contributed by atoms with E-state index in [4.69, 9.17) is 9.47 Å². The first kappa shape index (κ1) is 24.8. The molecule has 0 spiro atoms. The van der Waals surface area contributed by atoms with Crippen LogP contribution in [0, 0.1) is 5.82 Å². The summed E-state index contributed by atoms with van der Waals surface area (Å²) in [7, 11) is 1.27. The quantitative estimate of drug-likeness (QED) is 0.294. The summed E-state index contributed by atoms with van der Waals surface area (Å²) < 4.78 is 31.9. The average Bonchev–Trinajstić information content (AvgIpc) is 2.94. The molecule has 0 fully saturated rings. The van der Waals surface area contributed by atoms with Crippen molar-refractivity contribution in [3.05, 3.63) is 107 Å². The second kappa shape index (κ2) is 11.0. The first-order valence-electron chi connectivity index (χ1n) is 12.5. The SMILES string of the molecule is COC(=O)COc1cccc([C@@H]2C[C@H](CN[C@H](C)c3cccc4ccccc34)Oc3ccccc32)c1F. The van der Waals surface area contributed by atoms with Crippen molar-refractivity contribution in [3.8, 4) is 11.5 Å². The van der Waals surface area contributed by atoms with Crippen molar-refractivity contribution < 1.29 is 23.4 Å². The Bertz CT molecular complexity index is 1400. The molecule has 0 radical (unpaired) electrons. The molecule has 0 amide bonds. The molecule has 1 N–H and O–H groups in total. The molecule has 1 aliphatic heterocycles. The molecule has 0 saturated carbocycles. The van der Waals surface area contributed by atoms with E-state index in [1.807, 2.05) is 30.3 Å². The van der Waals surface area contributed by atoms with Crippen LogP contribution in [0.3, 0.4) is 0 Å². The Morgan fingerprint density at radius 3 is 2.59 bits per heavy atom. The van der Waals surface area contributed by atoms with Gasteiger partial charge in [-0.15, -0.1) is 0 Å². The molecule has 0 aliphatic carbocycles. The van der Waals surface area contributed by atoms with E-state index < -0.39 is 11.8 Å². The molecule has 5 rings (SSSR count). The van der Waals surface area contributed by atoms with Gasteiger partial charge in [0.25, 0.3) is 0 Å². The van der Waals surface area contributed by atoms with E-state index in [9.17, 15) is 4.79 Å². The number of hydrogen-bond donors (Lipinski definition) is 1. The van der Waals surface area contributed by atoms with Crippen LogP contribution in [0.5, 0.6) is 11.5 Å². The van der Waals surface area contributed by atoms with E-state index >= 15 is 4.39 Å². The third-order valence-corrected chi connectivity index (χ3v) is 6.97. The lowest BCUT2D eigenvalue weighted by Crippen LogP contribution is -2.37. The molecule has 4 aromatic rings. The molecule has 37 heavy (non-hydrogen) atoms. The Morgan fingerprint density at radius 2 is 1.73 bits per heavy atom. The van der Waals surface area contributed by atoms with Crippen LogP contribution in [0.1, 0.15) is 42.0 Å². The van der Waals surface area contributed by atoms with Crippen LogP contribution in [0.4, 0.5) is 4.39 Å². The normalized spacial score (nSPS) is 17.5. The Balaban J connectivity index is 1.36. The van der Waals surface area contributed by atoms with Gasteiger partial charge in [0.1, 0.15) is 11.9 Å². The van der Waals surface area contributed by atoms with Gasteiger partial charge in [-0.3, -0.25) is 0 Å². The number of benzene rings is 4. The standard InChI is InChI=1S/C31H30FNO4/c1-20(23-13-7-10-21-9-3-4-11-24(21)23)33-18-22-17-27(25-12-5-6-15-28(25)37-22)26-14-8-16-29(31(26)32)36-19-30(34)35-2/h3-16,20,22,27,33H,17-19H2,1-2H3/t20-,22-,27-/m1/s1. The number of nitrogens with one attached hydrogen (secondary N) is 1. The van der Waals surface area contributed by atoms with Crippen LogP contribution in [0.25, 0.3) is 10.8 Å². The highest BCUT2D eigenvalue weighted by Crippen LogP contribution is 2.42. The van der Waals surface area contributed by atoms with E-state index in [1.165, 1.54) is 29.5 Å². The summed E-state index contributed by atoms with van der Waals surface area (Å²) in [6, 6.07) is 27.6. The fraction of sp³-hybridized carbons (Fsp3) is 0.258. The Morgan fingerprint density at radius 1 is 1.00 bits per heavy atom. The predicted octanol–water partition coefficient (Wildman–Crippen LogP) is 6.16. The largest absolute Gasteiger partial charge is 0.489 e. The monoisotopic (exact) mass is 499 g/mol. The summed E-state index contributed by atoms with van der Waals surface area (Å²) in [6.45, 7) is 2.41. The lowest BCUT2D eigenvalue weighted by molar-refractivity contribution is -0.142. The minimum atomic E-state index is -0.562. The number of rotatable bonds is 8. The summed E-state index contributed by atoms with van der Waals surface area (Å²) >= 11 is 0. The maximum absolute atomic E-state index is 15.6. The number of fused-ring (bicyclic) bond motifs is 2. The molecule has 0 aromatic heterocycles. The van der Waals surface area contributed by atoms with Gasteiger partial charge in [-0.2, -0.15) is 0 Å². The first-order chi connectivity index (χ1) is 18.0. The number of carbonyl (C=O) groups is 1. The van der Waals surface area contributed by atoms with Gasteiger partial charge in [0.15, 0.2) is 18.2 Å². The number of para-hydroxylation sites is 1. The van der Waals surface area contributed by atoms with E-state index in [2.05, 4.69) is 53.4 Å². The molecule has 0 bridgehead atoms. The van der Waals surface area contributed by atoms with E-state index in [0.29, 0.717) is 18.5 Å². The number of ether oxygens (including phenoxy) is 3. The van der Waals surface area contributed by atoms with Gasteiger partial charge in [0.2, 0.25) is 0 Å². The van der Waals surface area contributed by atoms with E-state index in [1.54, 1.807) is 12.1 Å². The Labute approximate surface area is 216 Å². The molecule has 3 atom stereocenters. The second-order valence-corrected chi connectivity index (χ2v) is 9.29. The molecule has 1 heterocycles. The summed E-state index contributed by atoms with van der Waals surface area (Å²) in [5, 5.41) is 6.07. The van der Waals surface area contributed by atoms with Gasteiger partial charge >= 0.3 is 5.97 Å². The molecule has 0 unspecified atom stereocenters. The third kappa shape index (κ3) is 5.30. The zero-order chi connectivity index (χ0) is 25.8. The number of methoxy groups -OCH3 is 1. The van der Waals surface area contributed by atoms with Crippen molar-refractivity contribution in [1.82, 2.24) is 5.32 Å². The van der Waals surface area contributed by atoms with Gasteiger partial charge in [0.05, 0.1) is 7.11 Å². The van der Waals surface area contributed by atoms with Crippen molar-refractivity contribution in [2.45, 2.75) is 31.4 Å². The Kier molecular flexibility index (Phi) is 7.37. The molecule has 6 heteroatoms. The highest BCUT2D eigenvalue weighted by atomic mass is 19.1. The van der Waals surface area contributed by atoms with Gasteiger partial charge in [-0.25, -0.2) is 9.18 Å². The summed E-state index contributed by atoms with van der Waals surface area (Å²) in [5.41, 5.74) is 2.68. The highest BCUT2D eigenvalue weighted by molar-refractivity contribution is 5.86. The van der Waals surface area contributed by atoms with Crippen LogP contribution in [0.2, 0.25) is 0 Å². The van der Waals surface area contributed by atoms with Crippen molar-refractivity contribution in [2.75, 3.05) is 20.3 Å². The maximum Gasteiger partial charge on any atom is 0.343 e. The summed E-state index contributed by atoms with van der Waals surface area (Å²) in [5.74, 6) is -0.460. The van der Waals surface area contributed by atoms with Gasteiger partial charge in [0, 0.05) is 24.1 Å². The zero-order valence-corrected chi connectivity index (χ0v) is 20.9. The minimum Gasteiger partial charge on any atom is -0.489 e. The molecule has 0 saturated heterocycles. The first-order valence-corrected chi connectivity index (χ1v) is 12.5. The molecule has 4 aromatic carbocycles. The van der Waals surface area contributed by atoms with E-state index in [-0.39, 0.29) is 30.4 Å². The van der Waals surface area contributed by atoms with Crippen molar-refractivity contribution >= 4 is 16.7 Å². The lowest BCUT2D eigenvalue weighted by atomic mass is 9.83. The second-order valence-electron chi connectivity index (χ2n) is 9.29. The highest BCUT2D eigenvalue weighted by Gasteiger charge is 2.32. The van der Waals surface area contributed by atoms with Crippen LogP contribution in [0.15, 0.2) is 84.9 Å². The van der Waals surface area contributed by atoms with Crippen molar-refractivity contribution in [1.29, 1.82) is 0 Å². The number of halogens is 1. The fourth-order valence-corrected chi connectivity index (χ4v) is 5.06. The van der Waals surface area contributed by atoms with Gasteiger partial charge in [-0.1, -0.05) is 72.8 Å². The smallest absolute Gasteiger partial charge is 0.343 e. The van der Waals surface area contributed by atoms with Crippen LogP contribution in [-0.4, -0.2) is 32.3 Å². The molecule has 190 valence electrons. The average molecular weight is 500 g/mol. The van der Waals surface area contributed by atoms with Gasteiger partial charge < -0.3 is 19.5 Å². The molecule has 5 nitrogen and oxygen atoms in total. The molecular formula is C31H30FNO4. The molecule has 1 aliphatic rings. The van der Waals surface area contributed by atoms with Gasteiger partial charge in [-0.05, 0) is 47.4 Å². The van der Waals surface area contributed by atoms with E-state index in [0.717, 1.165) is 11.3 Å².